The standard InChI is InChI=1S/C12H20O/c1-12(2)8-10(12)11(13)7-9-5-3-4-6-9/h5,10-11,13H,3-4,6-8H2,1-2H3. The van der Waals surface area contributed by atoms with Gasteiger partial charge in [-0.25, -0.2) is 0 Å². The smallest absolute Gasteiger partial charge is 0.0610 e. The Morgan fingerprint density at radius 1 is 1.62 bits per heavy atom. The average Bonchev–Trinajstić information content (AvgIpc) is 2.49. The lowest BCUT2D eigenvalue weighted by Crippen LogP contribution is -2.13. The lowest BCUT2D eigenvalue weighted by molar-refractivity contribution is 0.136. The van der Waals surface area contributed by atoms with Crippen molar-refractivity contribution in [2.24, 2.45) is 11.3 Å². The Labute approximate surface area is 80.8 Å². The minimum Gasteiger partial charge on any atom is -0.392 e. The summed E-state index contributed by atoms with van der Waals surface area (Å²) < 4.78 is 0. The van der Waals surface area contributed by atoms with Crippen LogP contribution in [0.25, 0.3) is 0 Å². The molecule has 2 unspecified atom stereocenters. The fraction of sp³-hybridized carbons (Fsp3) is 0.833. The number of aliphatic hydroxyl groups excluding tert-OH is 1. The van der Waals surface area contributed by atoms with E-state index in [1.165, 1.54) is 31.3 Å². The van der Waals surface area contributed by atoms with Crippen LogP contribution >= 0.6 is 0 Å². The van der Waals surface area contributed by atoms with Crippen LogP contribution in [0.2, 0.25) is 0 Å². The first-order valence-electron chi connectivity index (χ1n) is 5.45. The molecule has 0 aromatic heterocycles. The molecule has 0 aromatic carbocycles. The summed E-state index contributed by atoms with van der Waals surface area (Å²) in [4.78, 5) is 0. The Balaban J connectivity index is 1.82. The maximum atomic E-state index is 9.94. The van der Waals surface area contributed by atoms with E-state index < -0.39 is 0 Å². The van der Waals surface area contributed by atoms with Crippen molar-refractivity contribution in [3.8, 4) is 0 Å². The molecule has 0 bridgehead atoms. The van der Waals surface area contributed by atoms with Crippen molar-refractivity contribution in [1.29, 1.82) is 0 Å². The topological polar surface area (TPSA) is 20.2 Å². The Hall–Kier alpha value is -0.300. The SMILES string of the molecule is CC1(C)CC1C(O)CC1=CCCC1. The summed E-state index contributed by atoms with van der Waals surface area (Å²) in [7, 11) is 0. The van der Waals surface area contributed by atoms with E-state index in [9.17, 15) is 5.11 Å². The first-order chi connectivity index (χ1) is 6.09. The van der Waals surface area contributed by atoms with Gasteiger partial charge in [0.15, 0.2) is 0 Å². The van der Waals surface area contributed by atoms with Crippen molar-refractivity contribution < 1.29 is 5.11 Å². The maximum absolute atomic E-state index is 9.94. The van der Waals surface area contributed by atoms with Crippen LogP contribution in [0.15, 0.2) is 11.6 Å². The molecule has 0 spiro atoms. The molecule has 0 heterocycles. The number of rotatable bonds is 3. The molecule has 13 heavy (non-hydrogen) atoms. The second-order valence-electron chi connectivity index (χ2n) is 5.33. The average molecular weight is 180 g/mol. The summed E-state index contributed by atoms with van der Waals surface area (Å²) in [6.45, 7) is 4.51. The van der Waals surface area contributed by atoms with E-state index in [1.807, 2.05) is 0 Å². The van der Waals surface area contributed by atoms with Gasteiger partial charge in [0, 0.05) is 0 Å². The van der Waals surface area contributed by atoms with Crippen molar-refractivity contribution in [2.75, 3.05) is 0 Å². The quantitative estimate of drug-likeness (QED) is 0.662. The number of aliphatic hydroxyl groups is 1. The van der Waals surface area contributed by atoms with Crippen molar-refractivity contribution >= 4 is 0 Å². The number of hydrogen-bond acceptors (Lipinski definition) is 1. The third-order valence-corrected chi connectivity index (χ3v) is 3.66. The Bertz CT molecular complexity index is 227. The maximum Gasteiger partial charge on any atom is 0.0610 e. The lowest BCUT2D eigenvalue weighted by Gasteiger charge is -2.12. The van der Waals surface area contributed by atoms with Gasteiger partial charge in [-0.1, -0.05) is 25.5 Å². The molecule has 2 aliphatic rings. The van der Waals surface area contributed by atoms with E-state index in [4.69, 9.17) is 0 Å². The Kier molecular flexibility index (Phi) is 2.23. The van der Waals surface area contributed by atoms with E-state index in [2.05, 4.69) is 19.9 Å². The summed E-state index contributed by atoms with van der Waals surface area (Å²) in [6.07, 6.45) is 8.16. The molecule has 0 aliphatic heterocycles. The highest BCUT2D eigenvalue weighted by atomic mass is 16.3. The molecule has 74 valence electrons. The molecule has 1 saturated carbocycles. The predicted octanol–water partition coefficient (Wildman–Crippen LogP) is 2.89. The van der Waals surface area contributed by atoms with Crippen LogP contribution in [0, 0.1) is 11.3 Å². The minimum atomic E-state index is -0.0700. The van der Waals surface area contributed by atoms with Gasteiger partial charge < -0.3 is 5.11 Å². The van der Waals surface area contributed by atoms with Crippen molar-refractivity contribution in [1.82, 2.24) is 0 Å². The van der Waals surface area contributed by atoms with Crippen molar-refractivity contribution in [2.45, 2.75) is 52.1 Å². The van der Waals surface area contributed by atoms with Gasteiger partial charge in [0.2, 0.25) is 0 Å². The molecule has 0 amide bonds. The summed E-state index contributed by atoms with van der Waals surface area (Å²) in [5.41, 5.74) is 1.91. The molecule has 2 aliphatic carbocycles. The van der Waals surface area contributed by atoms with Crippen LogP contribution in [-0.4, -0.2) is 11.2 Å². The van der Waals surface area contributed by atoms with Crippen molar-refractivity contribution in [3.05, 3.63) is 11.6 Å². The summed E-state index contributed by atoms with van der Waals surface area (Å²) in [5, 5.41) is 9.94. The van der Waals surface area contributed by atoms with Gasteiger partial charge in [0.25, 0.3) is 0 Å². The van der Waals surface area contributed by atoms with Gasteiger partial charge in [-0.2, -0.15) is 0 Å². The summed E-state index contributed by atoms with van der Waals surface area (Å²) >= 11 is 0. The van der Waals surface area contributed by atoms with E-state index in [-0.39, 0.29) is 6.10 Å². The van der Waals surface area contributed by atoms with E-state index in [0.717, 1.165) is 6.42 Å². The van der Waals surface area contributed by atoms with Crippen LogP contribution in [0.3, 0.4) is 0 Å². The van der Waals surface area contributed by atoms with Gasteiger partial charge in [-0.05, 0) is 43.4 Å². The van der Waals surface area contributed by atoms with E-state index >= 15 is 0 Å². The molecule has 1 N–H and O–H groups in total. The molecule has 2 rings (SSSR count). The van der Waals surface area contributed by atoms with Crippen molar-refractivity contribution in [3.63, 3.8) is 0 Å². The van der Waals surface area contributed by atoms with Gasteiger partial charge in [0.1, 0.15) is 0 Å². The highest BCUT2D eigenvalue weighted by Gasteiger charge is 2.49. The number of allylic oxidation sites excluding steroid dienone is 1. The second-order valence-corrected chi connectivity index (χ2v) is 5.33. The second kappa shape index (κ2) is 3.13. The lowest BCUT2D eigenvalue weighted by atomic mass is 9.99. The molecule has 0 radical (unpaired) electrons. The molecule has 2 atom stereocenters. The Morgan fingerprint density at radius 3 is 2.77 bits per heavy atom. The molecular weight excluding hydrogens is 160 g/mol. The monoisotopic (exact) mass is 180 g/mol. The summed E-state index contributed by atoms with van der Waals surface area (Å²) in [6, 6.07) is 0. The molecule has 1 fully saturated rings. The van der Waals surface area contributed by atoms with Crippen LogP contribution in [0.1, 0.15) is 46.0 Å². The normalized spacial score (nSPS) is 32.8. The fourth-order valence-corrected chi connectivity index (χ4v) is 2.50. The first-order valence-corrected chi connectivity index (χ1v) is 5.45. The van der Waals surface area contributed by atoms with E-state index in [0.29, 0.717) is 11.3 Å². The van der Waals surface area contributed by atoms with Gasteiger partial charge in [-0.15, -0.1) is 0 Å². The molecule has 0 aromatic rings. The van der Waals surface area contributed by atoms with Gasteiger partial charge >= 0.3 is 0 Å². The van der Waals surface area contributed by atoms with E-state index in [1.54, 1.807) is 0 Å². The third kappa shape index (κ3) is 1.96. The van der Waals surface area contributed by atoms with Crippen LogP contribution in [-0.2, 0) is 0 Å². The zero-order chi connectivity index (χ0) is 9.47. The minimum absolute atomic E-state index is 0.0700. The largest absolute Gasteiger partial charge is 0.392 e. The predicted molar refractivity (Wildman–Crippen MR) is 54.4 cm³/mol. The fourth-order valence-electron chi connectivity index (χ4n) is 2.50. The molecule has 1 heteroatoms. The number of hydrogen-bond donors (Lipinski definition) is 1. The highest BCUT2D eigenvalue weighted by molar-refractivity contribution is 5.11. The van der Waals surface area contributed by atoms with Crippen LogP contribution < -0.4 is 0 Å². The van der Waals surface area contributed by atoms with Gasteiger partial charge in [-0.3, -0.25) is 0 Å². The zero-order valence-corrected chi connectivity index (χ0v) is 8.71. The first kappa shape index (κ1) is 9.26. The van der Waals surface area contributed by atoms with Gasteiger partial charge in [0.05, 0.1) is 6.10 Å². The van der Waals surface area contributed by atoms with Crippen LogP contribution in [0.4, 0.5) is 0 Å². The molecular formula is C12H20O. The highest BCUT2D eigenvalue weighted by Crippen LogP contribution is 2.54. The molecule has 1 nitrogen and oxygen atoms in total. The third-order valence-electron chi connectivity index (χ3n) is 3.66. The Morgan fingerprint density at radius 2 is 2.31 bits per heavy atom. The zero-order valence-electron chi connectivity index (χ0n) is 8.71. The van der Waals surface area contributed by atoms with Crippen LogP contribution in [0.5, 0.6) is 0 Å². The molecule has 0 saturated heterocycles. The summed E-state index contributed by atoms with van der Waals surface area (Å²) in [5.74, 6) is 0.564.